The predicted octanol–water partition coefficient (Wildman–Crippen LogP) is -2.78. The quantitative estimate of drug-likeness (QED) is 0.102. The zero-order valence-electron chi connectivity index (χ0n) is 24.4. The fourth-order valence-electron chi connectivity index (χ4n) is 3.77. The fourth-order valence-corrected chi connectivity index (χ4v) is 3.77. The van der Waals surface area contributed by atoms with E-state index in [2.05, 4.69) is 30.9 Å². The van der Waals surface area contributed by atoms with Gasteiger partial charge in [0.2, 0.25) is 23.7 Å². The molecule has 2 aromatic heterocycles. The molecule has 1 aliphatic heterocycles. The van der Waals surface area contributed by atoms with Crippen molar-refractivity contribution in [1.29, 1.82) is 0 Å². The van der Waals surface area contributed by atoms with Crippen molar-refractivity contribution in [3.8, 4) is 0 Å². The molecule has 0 aliphatic carbocycles. The molecular weight excluding hydrogens is 622 g/mol. The van der Waals surface area contributed by atoms with Gasteiger partial charge in [0.05, 0.1) is 6.33 Å². The van der Waals surface area contributed by atoms with Crippen LogP contribution in [0.1, 0.15) is 26.5 Å². The van der Waals surface area contributed by atoms with Crippen LogP contribution < -0.4 is 32.1 Å². The molecule has 0 aromatic carbocycles. The summed E-state index contributed by atoms with van der Waals surface area (Å²) < 4.78 is 17.7. The van der Waals surface area contributed by atoms with Gasteiger partial charge in [0.25, 0.3) is 5.56 Å². The van der Waals surface area contributed by atoms with Crippen molar-refractivity contribution in [3.63, 3.8) is 0 Å². The van der Waals surface area contributed by atoms with Gasteiger partial charge in [0.1, 0.15) is 51.2 Å². The van der Waals surface area contributed by atoms with E-state index in [4.69, 9.17) is 24.4 Å². The number of rotatable bonds is 14. The van der Waals surface area contributed by atoms with Crippen molar-refractivity contribution < 1.29 is 58.0 Å². The third-order valence-corrected chi connectivity index (χ3v) is 5.99. The molecular formula is C24H31N9O13. The van der Waals surface area contributed by atoms with Crippen LogP contribution in [0.5, 0.6) is 0 Å². The molecule has 5 amide bonds. The summed E-state index contributed by atoms with van der Waals surface area (Å²) >= 11 is 0. The summed E-state index contributed by atoms with van der Waals surface area (Å²) in [7, 11) is 0. The Morgan fingerprint density at radius 1 is 0.978 bits per heavy atom. The highest BCUT2D eigenvalue weighted by Crippen LogP contribution is 2.32. The molecule has 3 heterocycles. The predicted molar refractivity (Wildman–Crippen MR) is 149 cm³/mol. The molecule has 46 heavy (non-hydrogen) atoms. The van der Waals surface area contributed by atoms with Crippen LogP contribution in [0.25, 0.3) is 11.2 Å². The van der Waals surface area contributed by atoms with Gasteiger partial charge in [-0.15, -0.1) is 0 Å². The number of hydrogen-bond acceptors (Lipinski definition) is 13. The number of imidazole rings is 1. The lowest BCUT2D eigenvalue weighted by Crippen LogP contribution is -2.42. The number of carbonyl (C=O) groups is 7. The normalized spacial score (nSPS) is 17.2. The maximum atomic E-state index is 12.6. The van der Waals surface area contributed by atoms with E-state index >= 15 is 0 Å². The molecule has 0 radical (unpaired) electrons. The average molecular weight is 654 g/mol. The van der Waals surface area contributed by atoms with Crippen LogP contribution in [-0.4, -0.2) is 117 Å². The number of alkyl carbamates (subject to hydrolysis) is 2. The number of carbonyl (C=O) groups excluding carboxylic acids is 5. The molecule has 22 heteroatoms. The Hall–Kier alpha value is -5.80. The third-order valence-electron chi connectivity index (χ3n) is 5.99. The smallest absolute Gasteiger partial charge is 0.407 e. The maximum Gasteiger partial charge on any atom is 0.407 e. The molecule has 0 bridgehead atoms. The van der Waals surface area contributed by atoms with Crippen LogP contribution >= 0.6 is 0 Å². The van der Waals surface area contributed by atoms with Gasteiger partial charge < -0.3 is 45.7 Å². The van der Waals surface area contributed by atoms with Crippen LogP contribution in [-0.2, 0) is 38.2 Å². The summed E-state index contributed by atoms with van der Waals surface area (Å²) in [6, 6.07) is 0. The van der Waals surface area contributed by atoms with E-state index in [0.717, 1.165) is 0 Å². The van der Waals surface area contributed by atoms with E-state index in [1.807, 2.05) is 10.6 Å². The molecule has 1 aliphatic rings. The minimum absolute atomic E-state index is 0.00204. The van der Waals surface area contributed by atoms with E-state index in [9.17, 15) is 38.4 Å². The van der Waals surface area contributed by atoms with Gasteiger partial charge in [-0.25, -0.2) is 14.6 Å². The molecule has 2 aromatic rings. The summed E-state index contributed by atoms with van der Waals surface area (Å²) in [4.78, 5) is 105. The summed E-state index contributed by atoms with van der Waals surface area (Å²) in [6.07, 6.45) is -4.39. The number of H-pyrrole nitrogens is 1. The Bertz CT molecular complexity index is 1550. The Morgan fingerprint density at radius 2 is 1.59 bits per heavy atom. The third kappa shape index (κ3) is 10.1. The number of nitrogens with one attached hydrogen (secondary N) is 6. The first-order chi connectivity index (χ1) is 21.7. The molecule has 0 spiro atoms. The molecule has 1 saturated heterocycles. The first-order valence-electron chi connectivity index (χ1n) is 13.5. The van der Waals surface area contributed by atoms with Crippen molar-refractivity contribution >= 4 is 59.0 Å². The molecule has 0 saturated carbocycles. The molecule has 3 atom stereocenters. The van der Waals surface area contributed by atoms with Gasteiger partial charge in [0.15, 0.2) is 11.2 Å². The molecule has 3 rings (SSSR count). The van der Waals surface area contributed by atoms with Gasteiger partial charge in [-0.2, -0.15) is 4.98 Å². The first kappa shape index (κ1) is 34.7. The van der Waals surface area contributed by atoms with E-state index in [-0.39, 0.29) is 23.5 Å². The number of hydrogen-bond donors (Lipinski definition) is 8. The van der Waals surface area contributed by atoms with Crippen LogP contribution in [0.4, 0.5) is 15.5 Å². The van der Waals surface area contributed by atoms with Crippen LogP contribution in [0.15, 0.2) is 11.1 Å². The molecule has 250 valence electrons. The van der Waals surface area contributed by atoms with Crippen molar-refractivity contribution in [1.82, 2.24) is 40.8 Å². The van der Waals surface area contributed by atoms with Crippen molar-refractivity contribution in [2.45, 2.75) is 38.7 Å². The largest absolute Gasteiger partial charge is 0.480 e. The van der Waals surface area contributed by atoms with Gasteiger partial charge in [-0.05, 0) is 0 Å². The SMILES string of the molecule is CC(C)C(=O)Nc1nc2c(ncn2[C@H]2CC(OC(=O)NCC(=O)NCC(=O)O)[C@@H](COC(=O)NCC(=O)NCC(=O)O)O2)c(=O)[nH]1. The zero-order valence-corrected chi connectivity index (χ0v) is 24.4. The fraction of sp³-hybridized carbons (Fsp3) is 0.500. The van der Waals surface area contributed by atoms with Crippen molar-refractivity contribution in [2.24, 2.45) is 5.92 Å². The minimum atomic E-state index is -1.30. The lowest BCUT2D eigenvalue weighted by atomic mass is 10.2. The Balaban J connectivity index is 1.73. The number of carboxylic acids is 2. The van der Waals surface area contributed by atoms with Crippen molar-refractivity contribution in [3.05, 3.63) is 16.7 Å². The minimum Gasteiger partial charge on any atom is -0.480 e. The summed E-state index contributed by atoms with van der Waals surface area (Å²) in [5.41, 5.74) is -0.773. The standard InChI is InChI=1S/C24H31N9O13/c1-10(2)20(40)31-22-30-19-18(21(41)32-22)29-9-33(19)15-3-11(46-24(43)28-5-14(35)26-7-17(38)39)12(45-15)8-44-23(42)27-4-13(34)25-6-16(36)37/h9-12,15H,3-8H2,1-2H3,(H,25,34)(H,26,35)(H,27,42)(H,28,43)(H,36,37)(H,38,39)(H2,30,31,32,40,41)/t11?,12-,15-/m1/s1. The Labute approximate surface area is 257 Å². The molecule has 1 fully saturated rings. The van der Waals surface area contributed by atoms with E-state index in [0.29, 0.717) is 0 Å². The number of aromatic amines is 1. The highest BCUT2D eigenvalue weighted by Gasteiger charge is 2.40. The lowest BCUT2D eigenvalue weighted by molar-refractivity contribution is -0.138. The summed E-state index contributed by atoms with van der Waals surface area (Å²) in [5.74, 6) is -5.21. The second-order valence-corrected chi connectivity index (χ2v) is 9.84. The zero-order chi connectivity index (χ0) is 34.0. The van der Waals surface area contributed by atoms with E-state index in [1.54, 1.807) is 13.8 Å². The number of aromatic nitrogens is 4. The van der Waals surface area contributed by atoms with E-state index in [1.165, 1.54) is 10.9 Å². The van der Waals surface area contributed by atoms with Gasteiger partial charge in [-0.3, -0.25) is 43.6 Å². The number of aliphatic carboxylic acids is 2. The molecule has 1 unspecified atom stereocenters. The average Bonchev–Trinajstić information content (AvgIpc) is 3.59. The van der Waals surface area contributed by atoms with Gasteiger partial charge in [0, 0.05) is 12.3 Å². The monoisotopic (exact) mass is 653 g/mol. The topological polar surface area (TPSA) is 311 Å². The van der Waals surface area contributed by atoms with Crippen LogP contribution in [0.2, 0.25) is 0 Å². The van der Waals surface area contributed by atoms with Crippen molar-refractivity contribution in [2.75, 3.05) is 38.1 Å². The highest BCUT2D eigenvalue weighted by atomic mass is 16.6. The highest BCUT2D eigenvalue weighted by molar-refractivity contribution is 5.91. The Morgan fingerprint density at radius 3 is 2.17 bits per heavy atom. The van der Waals surface area contributed by atoms with Gasteiger partial charge in [-0.1, -0.05) is 13.8 Å². The Kier molecular flexibility index (Phi) is 11.9. The van der Waals surface area contributed by atoms with E-state index < -0.39 is 105 Å². The van der Waals surface area contributed by atoms with Crippen LogP contribution in [0.3, 0.4) is 0 Å². The lowest BCUT2D eigenvalue weighted by Gasteiger charge is -2.19. The maximum absolute atomic E-state index is 12.6. The van der Waals surface area contributed by atoms with Gasteiger partial charge >= 0.3 is 24.1 Å². The number of nitrogens with zero attached hydrogens (tertiary/aromatic N) is 3. The first-order valence-corrected chi connectivity index (χ1v) is 13.5. The summed E-state index contributed by atoms with van der Waals surface area (Å²) in [5, 5.41) is 28.1. The molecule has 8 N–H and O–H groups in total. The number of amides is 5. The number of ether oxygens (including phenoxy) is 3. The number of anilines is 1. The number of fused-ring (bicyclic) bond motifs is 1. The number of carboxylic acid groups (broad SMARTS) is 2. The second-order valence-electron chi connectivity index (χ2n) is 9.84. The summed E-state index contributed by atoms with van der Waals surface area (Å²) in [6.45, 7) is 0.172. The molecule has 22 nitrogen and oxygen atoms in total. The second kappa shape index (κ2) is 15.8. The van der Waals surface area contributed by atoms with Crippen LogP contribution in [0, 0.1) is 5.92 Å².